The van der Waals surface area contributed by atoms with Gasteiger partial charge >= 0.3 is 0 Å². The van der Waals surface area contributed by atoms with Gasteiger partial charge in [-0.1, -0.05) is 29.3 Å². The maximum Gasteiger partial charge on any atom is 0.199 e. The minimum Gasteiger partial charge on any atom is -0.619 e. The molecule has 134 valence electrons. The van der Waals surface area contributed by atoms with Crippen molar-refractivity contribution in [1.82, 2.24) is 0 Å². The lowest BCUT2D eigenvalue weighted by Gasteiger charge is -2.16. The molecule has 1 N–H and O–H groups in total. The van der Waals surface area contributed by atoms with E-state index in [9.17, 15) is 10.3 Å². The maximum atomic E-state index is 11.3. The van der Waals surface area contributed by atoms with E-state index < -0.39 is 6.10 Å². The minimum atomic E-state index is -0.841. The Hall–Kier alpha value is -1.69. The molecule has 1 fully saturated rings. The monoisotopic (exact) mass is 383 g/mol. The average molecular weight is 384 g/mol. The molecule has 7 heteroatoms. The van der Waals surface area contributed by atoms with E-state index in [-0.39, 0.29) is 16.5 Å². The molecule has 2 aromatic rings. The van der Waals surface area contributed by atoms with E-state index in [2.05, 4.69) is 0 Å². The third-order valence-electron chi connectivity index (χ3n) is 4.20. The molecule has 0 bridgehead atoms. The molecule has 1 aromatic carbocycles. The number of aliphatic hydroxyl groups excluding tert-OH is 1. The molecular weight excluding hydrogens is 365 g/mol. The number of benzene rings is 1. The van der Waals surface area contributed by atoms with Crippen molar-refractivity contribution in [3.05, 3.63) is 57.0 Å². The van der Waals surface area contributed by atoms with Crippen LogP contribution in [-0.2, 0) is 6.42 Å². The van der Waals surface area contributed by atoms with Gasteiger partial charge in [0.05, 0.1) is 19.8 Å². The van der Waals surface area contributed by atoms with Crippen molar-refractivity contribution < 1.29 is 19.3 Å². The fraction of sp³-hybridized carbons (Fsp3) is 0.389. The van der Waals surface area contributed by atoms with Crippen LogP contribution in [0, 0.1) is 11.1 Å². The maximum absolute atomic E-state index is 11.3. The zero-order valence-corrected chi connectivity index (χ0v) is 15.3. The second kappa shape index (κ2) is 7.68. The third kappa shape index (κ3) is 4.48. The van der Waals surface area contributed by atoms with Crippen molar-refractivity contribution in [2.45, 2.75) is 25.4 Å². The molecule has 1 heterocycles. The van der Waals surface area contributed by atoms with Crippen molar-refractivity contribution in [1.29, 1.82) is 0 Å². The molecule has 1 atom stereocenters. The first-order chi connectivity index (χ1) is 12.0. The lowest BCUT2D eigenvalue weighted by atomic mass is 10.0. The van der Waals surface area contributed by atoms with Crippen LogP contribution in [0.3, 0.4) is 0 Å². The molecule has 1 aliphatic rings. The van der Waals surface area contributed by atoms with Crippen molar-refractivity contribution in [2.24, 2.45) is 5.92 Å². The summed E-state index contributed by atoms with van der Waals surface area (Å²) in [7, 11) is 1.58. The van der Waals surface area contributed by atoms with Gasteiger partial charge in [-0.05, 0) is 36.5 Å². The number of aliphatic hydroxyl groups is 1. The summed E-state index contributed by atoms with van der Waals surface area (Å²) in [6.07, 6.45) is 4.16. The number of methoxy groups -OCH3 is 1. The van der Waals surface area contributed by atoms with E-state index in [0.717, 1.165) is 0 Å². The van der Waals surface area contributed by atoms with Gasteiger partial charge < -0.3 is 19.8 Å². The largest absolute Gasteiger partial charge is 0.619 e. The number of rotatable bonds is 7. The quantitative estimate of drug-likeness (QED) is 0.584. The summed E-state index contributed by atoms with van der Waals surface area (Å²) in [4.78, 5) is 0. The predicted octanol–water partition coefficient (Wildman–Crippen LogP) is 3.70. The smallest absolute Gasteiger partial charge is 0.199 e. The molecule has 0 radical (unpaired) electrons. The second-order valence-corrected chi connectivity index (χ2v) is 6.99. The summed E-state index contributed by atoms with van der Waals surface area (Å²) >= 11 is 12.2. The Bertz CT molecular complexity index is 742. The number of hydrogen-bond donors (Lipinski definition) is 1. The van der Waals surface area contributed by atoms with Gasteiger partial charge in [0.1, 0.15) is 10.0 Å². The molecule has 0 amide bonds. The van der Waals surface area contributed by atoms with Gasteiger partial charge in [0.15, 0.2) is 23.9 Å². The Labute approximate surface area is 156 Å². The van der Waals surface area contributed by atoms with Gasteiger partial charge in [0.25, 0.3) is 0 Å². The van der Waals surface area contributed by atoms with E-state index in [1.807, 2.05) is 0 Å². The number of aromatic nitrogens is 1. The van der Waals surface area contributed by atoms with Crippen LogP contribution in [-0.4, -0.2) is 18.8 Å². The summed E-state index contributed by atoms with van der Waals surface area (Å²) < 4.78 is 11.7. The van der Waals surface area contributed by atoms with Gasteiger partial charge in [0, 0.05) is 12.0 Å². The first kappa shape index (κ1) is 18.1. The molecule has 0 aliphatic heterocycles. The van der Waals surface area contributed by atoms with Crippen molar-refractivity contribution in [3.63, 3.8) is 0 Å². The van der Waals surface area contributed by atoms with Gasteiger partial charge in [-0.2, -0.15) is 4.73 Å². The second-order valence-electron chi connectivity index (χ2n) is 6.18. The van der Waals surface area contributed by atoms with Crippen LogP contribution in [0.1, 0.15) is 30.1 Å². The lowest BCUT2D eigenvalue weighted by molar-refractivity contribution is -0.605. The van der Waals surface area contributed by atoms with Gasteiger partial charge in [-0.25, -0.2) is 0 Å². The molecule has 1 aliphatic carbocycles. The number of ether oxygens (including phenoxy) is 2. The van der Waals surface area contributed by atoms with E-state index in [1.165, 1.54) is 25.2 Å². The van der Waals surface area contributed by atoms with Gasteiger partial charge in [0.2, 0.25) is 0 Å². The average Bonchev–Trinajstić information content (AvgIpc) is 3.40. The van der Waals surface area contributed by atoms with E-state index in [4.69, 9.17) is 32.7 Å². The van der Waals surface area contributed by atoms with Crippen molar-refractivity contribution >= 4 is 23.2 Å². The Morgan fingerprint density at radius 3 is 2.52 bits per heavy atom. The molecule has 5 nitrogen and oxygen atoms in total. The van der Waals surface area contributed by atoms with Gasteiger partial charge in [-0.3, -0.25) is 0 Å². The zero-order chi connectivity index (χ0) is 18.0. The van der Waals surface area contributed by atoms with Crippen LogP contribution in [0.25, 0.3) is 0 Å². The molecular formula is C18H19Cl2NO4. The number of nitrogens with zero attached hydrogens (tertiary/aromatic N) is 1. The van der Waals surface area contributed by atoms with E-state index >= 15 is 0 Å². The SMILES string of the molecule is COc1ccc([C@H](O)Cc2c(Cl)c[n+]([O-])cc2Cl)cc1OCC1CC1. The molecule has 0 spiro atoms. The van der Waals surface area contributed by atoms with Crippen LogP contribution in [0.2, 0.25) is 10.0 Å². The Balaban J connectivity index is 1.79. The summed E-state index contributed by atoms with van der Waals surface area (Å²) in [5, 5.41) is 22.3. The van der Waals surface area contributed by atoms with Gasteiger partial charge in [-0.15, -0.1) is 0 Å². The summed E-state index contributed by atoms with van der Waals surface area (Å²) in [6.45, 7) is 0.649. The molecule has 1 saturated carbocycles. The van der Waals surface area contributed by atoms with Crippen molar-refractivity contribution in [2.75, 3.05) is 13.7 Å². The molecule has 0 unspecified atom stereocenters. The van der Waals surface area contributed by atoms with E-state index in [0.29, 0.717) is 39.9 Å². The molecule has 3 rings (SSSR count). The normalized spacial score (nSPS) is 15.0. The van der Waals surface area contributed by atoms with Crippen LogP contribution in [0.4, 0.5) is 0 Å². The van der Waals surface area contributed by atoms with Crippen LogP contribution in [0.15, 0.2) is 30.6 Å². The summed E-state index contributed by atoms with van der Waals surface area (Å²) in [5.74, 6) is 1.84. The zero-order valence-electron chi connectivity index (χ0n) is 13.7. The topological polar surface area (TPSA) is 65.6 Å². The molecule has 1 aromatic heterocycles. The highest BCUT2D eigenvalue weighted by Crippen LogP contribution is 2.35. The minimum absolute atomic E-state index is 0.187. The summed E-state index contributed by atoms with van der Waals surface area (Å²) in [6, 6.07) is 5.30. The highest BCUT2D eigenvalue weighted by Gasteiger charge is 2.23. The fourth-order valence-corrected chi connectivity index (χ4v) is 3.14. The van der Waals surface area contributed by atoms with Crippen LogP contribution >= 0.6 is 23.2 Å². The highest BCUT2D eigenvalue weighted by molar-refractivity contribution is 6.35. The number of pyridine rings is 1. The fourth-order valence-electron chi connectivity index (χ4n) is 2.54. The predicted molar refractivity (Wildman–Crippen MR) is 95.3 cm³/mol. The lowest BCUT2D eigenvalue weighted by Crippen LogP contribution is -2.25. The Morgan fingerprint density at radius 2 is 1.92 bits per heavy atom. The molecule has 25 heavy (non-hydrogen) atoms. The van der Waals surface area contributed by atoms with Crippen LogP contribution < -0.4 is 14.2 Å². The van der Waals surface area contributed by atoms with Crippen LogP contribution in [0.5, 0.6) is 11.5 Å². The number of halogens is 2. The first-order valence-corrected chi connectivity index (χ1v) is 8.79. The van der Waals surface area contributed by atoms with Crippen molar-refractivity contribution in [3.8, 4) is 11.5 Å². The molecule has 0 saturated heterocycles. The third-order valence-corrected chi connectivity index (χ3v) is 4.85. The summed E-state index contributed by atoms with van der Waals surface area (Å²) in [5.41, 5.74) is 1.19. The Morgan fingerprint density at radius 1 is 1.24 bits per heavy atom. The highest BCUT2D eigenvalue weighted by atomic mass is 35.5. The Kier molecular flexibility index (Phi) is 5.57. The standard InChI is InChI=1S/C18H19Cl2NO4/c1-24-17-5-4-12(6-18(17)25-10-11-2-3-11)16(22)7-13-14(19)8-21(23)9-15(13)20/h4-6,8-9,11,16,22H,2-3,7,10H2,1H3/t16-/m1/s1. The first-order valence-electron chi connectivity index (χ1n) is 8.03. The number of hydrogen-bond acceptors (Lipinski definition) is 4. The van der Waals surface area contributed by atoms with E-state index in [1.54, 1.807) is 25.3 Å².